The zero-order chi connectivity index (χ0) is 17.5. The molecule has 4 rings (SSSR count). The molecular formula is C19H16ClFN2OS. The lowest BCUT2D eigenvalue weighted by molar-refractivity contribution is 0.147. The molecule has 1 aliphatic heterocycles. The van der Waals surface area contributed by atoms with Gasteiger partial charge in [0.2, 0.25) is 0 Å². The maximum absolute atomic E-state index is 13.2. The van der Waals surface area contributed by atoms with Gasteiger partial charge in [-0.05, 0) is 47.8 Å². The molecule has 2 heterocycles. The zero-order valence-corrected chi connectivity index (χ0v) is 14.9. The van der Waals surface area contributed by atoms with Crippen molar-refractivity contribution in [2.24, 2.45) is 0 Å². The van der Waals surface area contributed by atoms with Crippen LogP contribution < -0.4 is 9.96 Å². The molecule has 128 valence electrons. The second kappa shape index (κ2) is 6.11. The van der Waals surface area contributed by atoms with Crippen LogP contribution in [-0.4, -0.2) is 13.1 Å². The Kier molecular flexibility index (Phi) is 4.04. The number of quaternary nitrogens is 1. The highest BCUT2D eigenvalue weighted by Crippen LogP contribution is 2.45. The lowest BCUT2D eigenvalue weighted by Crippen LogP contribution is -2.72. The smallest absolute Gasteiger partial charge is 0.172 e. The summed E-state index contributed by atoms with van der Waals surface area (Å²) < 4.78 is 12.7. The predicted molar refractivity (Wildman–Crippen MR) is 102 cm³/mol. The van der Waals surface area contributed by atoms with Gasteiger partial charge in [-0.25, -0.2) is 4.39 Å². The first-order valence-corrected chi connectivity index (χ1v) is 9.17. The summed E-state index contributed by atoms with van der Waals surface area (Å²) in [7, 11) is 0. The van der Waals surface area contributed by atoms with Crippen molar-refractivity contribution in [3.63, 3.8) is 0 Å². The Morgan fingerprint density at radius 3 is 2.32 bits per heavy atom. The fourth-order valence-corrected chi connectivity index (χ4v) is 4.37. The van der Waals surface area contributed by atoms with Crippen molar-refractivity contribution in [3.05, 3.63) is 87.0 Å². The van der Waals surface area contributed by atoms with Gasteiger partial charge in [-0.15, -0.1) is 11.3 Å². The molecule has 0 atom stereocenters. The average molecular weight is 375 g/mol. The molecule has 3 nitrogen and oxygen atoms in total. The number of nitrogens with zero attached hydrogens (tertiary/aromatic N) is 1. The average Bonchev–Trinajstić information content (AvgIpc) is 3.11. The number of anilines is 1. The van der Waals surface area contributed by atoms with E-state index in [9.17, 15) is 9.60 Å². The lowest BCUT2D eigenvalue weighted by Gasteiger charge is -2.59. The minimum absolute atomic E-state index is 0.334. The van der Waals surface area contributed by atoms with Crippen LogP contribution >= 0.6 is 22.9 Å². The van der Waals surface area contributed by atoms with Crippen molar-refractivity contribution >= 4 is 34.3 Å². The Bertz CT molecular complexity index is 859. The largest absolute Gasteiger partial charge is 0.627 e. The molecule has 1 fully saturated rings. The first-order chi connectivity index (χ1) is 12.0. The molecular weight excluding hydrogens is 359 g/mol. The van der Waals surface area contributed by atoms with Crippen molar-refractivity contribution in [3.8, 4) is 0 Å². The number of hydrogen-bond donors (Lipinski definition) is 1. The number of thiophene rings is 1. The third kappa shape index (κ3) is 3.04. The van der Waals surface area contributed by atoms with Crippen LogP contribution in [0.5, 0.6) is 0 Å². The second-order valence-corrected chi connectivity index (χ2v) is 7.76. The van der Waals surface area contributed by atoms with E-state index in [0.717, 1.165) is 10.6 Å². The molecule has 0 spiro atoms. The normalized spacial score (nSPS) is 25.4. The predicted octanol–water partition coefficient (Wildman–Crippen LogP) is 5.37. The lowest BCUT2D eigenvalue weighted by atomic mass is 9.86. The molecule has 1 saturated heterocycles. The molecule has 0 saturated carbocycles. The second-order valence-electron chi connectivity index (χ2n) is 6.37. The Morgan fingerprint density at radius 2 is 1.72 bits per heavy atom. The standard InChI is InChI=1S/C19H16ClFN2OS/c20-14-3-7-16(8-4-14)22-19(18-2-1-11-25-18)12-23(24,13-19)17-9-5-15(21)6-10-17/h1-11,22H,12-13H2. The van der Waals surface area contributed by atoms with Gasteiger partial charge in [0, 0.05) is 27.7 Å². The van der Waals surface area contributed by atoms with Crippen LogP contribution in [0.2, 0.25) is 5.02 Å². The van der Waals surface area contributed by atoms with Crippen molar-refractivity contribution in [2.45, 2.75) is 5.54 Å². The van der Waals surface area contributed by atoms with Crippen LogP contribution in [0, 0.1) is 11.0 Å². The zero-order valence-electron chi connectivity index (χ0n) is 13.3. The van der Waals surface area contributed by atoms with Gasteiger partial charge < -0.3 is 15.2 Å². The van der Waals surface area contributed by atoms with Gasteiger partial charge in [-0.3, -0.25) is 0 Å². The minimum atomic E-state index is -0.473. The molecule has 0 amide bonds. The van der Waals surface area contributed by atoms with Crippen LogP contribution in [0.3, 0.4) is 0 Å². The summed E-state index contributed by atoms with van der Waals surface area (Å²) in [5, 5.41) is 19.4. The monoisotopic (exact) mass is 374 g/mol. The van der Waals surface area contributed by atoms with Gasteiger partial charge in [-0.1, -0.05) is 17.7 Å². The number of nitrogens with one attached hydrogen (secondary N) is 1. The molecule has 0 bridgehead atoms. The molecule has 3 aromatic rings. The highest BCUT2D eigenvalue weighted by atomic mass is 35.5. The van der Waals surface area contributed by atoms with Crippen LogP contribution in [0.1, 0.15) is 4.88 Å². The molecule has 1 N–H and O–H groups in total. The van der Waals surface area contributed by atoms with Gasteiger partial charge in [0.05, 0.1) is 0 Å². The minimum Gasteiger partial charge on any atom is -0.627 e. The van der Waals surface area contributed by atoms with Gasteiger partial charge in [0.25, 0.3) is 0 Å². The number of hydroxylamine groups is 2. The van der Waals surface area contributed by atoms with Gasteiger partial charge >= 0.3 is 0 Å². The molecule has 25 heavy (non-hydrogen) atoms. The molecule has 1 aliphatic rings. The molecule has 1 aromatic heterocycles. The van der Waals surface area contributed by atoms with E-state index in [1.165, 1.54) is 12.1 Å². The van der Waals surface area contributed by atoms with Crippen molar-refractivity contribution < 1.29 is 4.39 Å². The van der Waals surface area contributed by atoms with Crippen LogP contribution in [0.25, 0.3) is 0 Å². The fraction of sp³-hybridized carbons (Fsp3) is 0.158. The van der Waals surface area contributed by atoms with E-state index in [4.69, 9.17) is 11.6 Å². The summed E-state index contributed by atoms with van der Waals surface area (Å²) in [6.45, 7) is 0.698. The third-order valence-electron chi connectivity index (χ3n) is 4.57. The number of halogens is 2. The van der Waals surface area contributed by atoms with Gasteiger partial charge in [0.15, 0.2) is 5.54 Å². The number of rotatable bonds is 4. The van der Waals surface area contributed by atoms with E-state index in [0.29, 0.717) is 23.8 Å². The number of benzene rings is 2. The summed E-state index contributed by atoms with van der Waals surface area (Å²) in [5.41, 5.74) is 1.06. The van der Waals surface area contributed by atoms with E-state index in [1.54, 1.807) is 23.5 Å². The van der Waals surface area contributed by atoms with Crippen LogP contribution in [0.4, 0.5) is 15.8 Å². The molecule has 0 aliphatic carbocycles. The van der Waals surface area contributed by atoms with E-state index in [1.807, 2.05) is 41.8 Å². The van der Waals surface area contributed by atoms with E-state index in [2.05, 4.69) is 5.32 Å². The molecule has 2 aromatic carbocycles. The third-order valence-corrected chi connectivity index (χ3v) is 5.89. The molecule has 6 heteroatoms. The highest BCUT2D eigenvalue weighted by Gasteiger charge is 2.54. The maximum atomic E-state index is 13.2. The Morgan fingerprint density at radius 1 is 1.04 bits per heavy atom. The van der Waals surface area contributed by atoms with Crippen molar-refractivity contribution in [1.82, 2.24) is 4.65 Å². The SMILES string of the molecule is [O-][N+]1(c2ccc(F)cc2)CC(Nc2ccc(Cl)cc2)(c2cccs2)C1. The Balaban J connectivity index is 1.63. The summed E-state index contributed by atoms with van der Waals surface area (Å²) >= 11 is 7.59. The summed E-state index contributed by atoms with van der Waals surface area (Å²) in [6.07, 6.45) is 0. The van der Waals surface area contributed by atoms with Gasteiger partial charge in [0.1, 0.15) is 24.6 Å². The highest BCUT2D eigenvalue weighted by molar-refractivity contribution is 7.10. The fourth-order valence-electron chi connectivity index (χ4n) is 3.38. The summed E-state index contributed by atoms with van der Waals surface area (Å²) in [5.74, 6) is -0.334. The number of hydrogen-bond acceptors (Lipinski definition) is 3. The van der Waals surface area contributed by atoms with E-state index >= 15 is 0 Å². The Hall–Kier alpha value is -1.92. The van der Waals surface area contributed by atoms with Crippen molar-refractivity contribution in [2.75, 3.05) is 18.4 Å². The topological polar surface area (TPSA) is 35.1 Å². The van der Waals surface area contributed by atoms with E-state index < -0.39 is 10.2 Å². The summed E-state index contributed by atoms with van der Waals surface area (Å²) in [6, 6.07) is 17.3. The van der Waals surface area contributed by atoms with Crippen LogP contribution in [-0.2, 0) is 5.54 Å². The van der Waals surface area contributed by atoms with Crippen molar-refractivity contribution in [1.29, 1.82) is 0 Å². The summed E-state index contributed by atoms with van der Waals surface area (Å²) in [4.78, 5) is 1.12. The van der Waals surface area contributed by atoms with Crippen LogP contribution in [0.15, 0.2) is 66.0 Å². The quantitative estimate of drug-likeness (QED) is 0.492. The van der Waals surface area contributed by atoms with Gasteiger partial charge in [-0.2, -0.15) is 0 Å². The first kappa shape index (κ1) is 16.5. The first-order valence-electron chi connectivity index (χ1n) is 7.91. The maximum Gasteiger partial charge on any atom is 0.172 e. The van der Waals surface area contributed by atoms with E-state index in [-0.39, 0.29) is 5.82 Å². The Labute approximate surface area is 154 Å². The molecule has 0 unspecified atom stereocenters. The molecule has 0 radical (unpaired) electrons.